The van der Waals surface area contributed by atoms with Gasteiger partial charge >= 0.3 is 0 Å². The summed E-state index contributed by atoms with van der Waals surface area (Å²) >= 11 is 0. The highest BCUT2D eigenvalue weighted by Gasteiger charge is 2.17. The van der Waals surface area contributed by atoms with Crippen molar-refractivity contribution in [2.75, 3.05) is 0 Å². The van der Waals surface area contributed by atoms with Gasteiger partial charge in [0.05, 0.1) is 0 Å². The van der Waals surface area contributed by atoms with Gasteiger partial charge in [0.25, 0.3) is 0 Å². The van der Waals surface area contributed by atoms with E-state index in [9.17, 15) is 4.79 Å². The normalized spacial score (nSPS) is 11.0. The van der Waals surface area contributed by atoms with Gasteiger partial charge in [-0.2, -0.15) is 0 Å². The fourth-order valence-electron chi connectivity index (χ4n) is 13.6. The van der Waals surface area contributed by atoms with Gasteiger partial charge in [0.1, 0.15) is 173 Å². The Morgan fingerprint density at radius 3 is 0.476 bits per heavy atom. The van der Waals surface area contributed by atoms with E-state index < -0.39 is 0 Å². The molecule has 0 atom stereocenters. The molecule has 0 saturated carbocycles. The molecule has 0 fully saturated rings. The average molecular weight is 1670 g/mol. The van der Waals surface area contributed by atoms with Crippen LogP contribution in [-0.2, 0) is 97.3 Å². The van der Waals surface area contributed by atoms with Crippen molar-refractivity contribution in [1.29, 1.82) is 0 Å². The maximum absolute atomic E-state index is 13.4. The Hall–Kier alpha value is -15.3. The Morgan fingerprint density at radius 2 is 0.333 bits per heavy atom. The van der Waals surface area contributed by atoms with Gasteiger partial charge in [0.15, 0.2) is 0 Å². The van der Waals surface area contributed by atoms with Crippen LogP contribution in [-0.4, -0.2) is 11.9 Å². The number of hydrogen-bond donors (Lipinski definition) is 1. The van der Waals surface area contributed by atoms with Crippen LogP contribution in [0.1, 0.15) is 97.3 Å². The summed E-state index contributed by atoms with van der Waals surface area (Å²) in [5.41, 5.74) is 13.5. The first-order valence-corrected chi connectivity index (χ1v) is 42.1. The van der Waals surface area contributed by atoms with Crippen molar-refractivity contribution in [2.45, 2.75) is 112 Å². The summed E-state index contributed by atoms with van der Waals surface area (Å²) in [5.74, 6) is 7.62. The van der Waals surface area contributed by atoms with Gasteiger partial charge in [-0.15, -0.1) is 0 Å². The lowest BCUT2D eigenvalue weighted by Gasteiger charge is -2.17. The zero-order chi connectivity index (χ0) is 86.0. The first-order chi connectivity index (χ1) is 62.0. The van der Waals surface area contributed by atoms with Crippen molar-refractivity contribution in [2.24, 2.45) is 0 Å². The predicted molar refractivity (Wildman–Crippen MR) is 490 cm³/mol. The van der Waals surface area contributed by atoms with E-state index in [1.807, 2.05) is 384 Å². The number of benzene rings is 15. The Morgan fingerprint density at radius 1 is 0.198 bits per heavy atom. The van der Waals surface area contributed by atoms with E-state index in [4.69, 9.17) is 66.3 Å². The van der Waals surface area contributed by atoms with E-state index in [1.54, 1.807) is 6.08 Å². The second kappa shape index (κ2) is 45.0. The molecule has 0 heterocycles. The molecule has 16 heteroatoms. The molecule has 126 heavy (non-hydrogen) atoms. The fraction of sp³-hybridized carbons (Fsp3) is 0.155. The number of amides is 1. The van der Waals surface area contributed by atoms with E-state index in [2.05, 4.69) is 5.32 Å². The highest BCUT2D eigenvalue weighted by Crippen LogP contribution is 2.36. The van der Waals surface area contributed by atoms with Crippen molar-refractivity contribution in [3.8, 4) is 80.5 Å². The van der Waals surface area contributed by atoms with Crippen LogP contribution < -0.4 is 71.6 Å². The van der Waals surface area contributed by atoms with Crippen molar-refractivity contribution < 1.29 is 71.1 Å². The fourth-order valence-corrected chi connectivity index (χ4v) is 13.6. The smallest absolute Gasteiger partial charge is 0.244 e. The first kappa shape index (κ1) is 85.7. The highest BCUT2D eigenvalue weighted by molar-refractivity contribution is 5.92. The minimum atomic E-state index is -0.262. The predicted octanol–water partition coefficient (Wildman–Crippen LogP) is 24.3. The molecule has 0 radical (unpaired) electrons. The molecule has 1 N–H and O–H groups in total. The molecule has 16 nitrogen and oxygen atoms in total. The summed E-state index contributed by atoms with van der Waals surface area (Å²) < 4.78 is 92.4. The monoisotopic (exact) mass is 1670 g/mol. The molecule has 15 rings (SSSR count). The summed E-state index contributed by atoms with van der Waals surface area (Å²) in [6.45, 7) is 7.27. The van der Waals surface area contributed by atoms with E-state index in [0.29, 0.717) is 139 Å². The SMILES string of the molecule is CC(C)NC(=O)/C=C\c1cc(OCc2cc(OCc3cc(OCc4ccccc4)cc(OCc4ccccc4)c3)cc(OCc3cc(OCc4ccccc4)cc(OCc4ccccc4)c3)c2)cc(OCc2cc(OCc3cc(OCc4ccccc4)cc(OCc4ccccc4)c3)cc(OCc3cc(OCc4ccccc4)cc(OCc4ccccc4)c3)c2)c1. The van der Waals surface area contributed by atoms with Crippen LogP contribution >= 0.6 is 0 Å². The number of hydrogen-bond acceptors (Lipinski definition) is 15. The molecule has 0 aliphatic heterocycles. The van der Waals surface area contributed by atoms with Crippen LogP contribution in [0.2, 0.25) is 0 Å². The molecule has 0 spiro atoms. The topological polar surface area (TPSA) is 158 Å². The third-order valence-corrected chi connectivity index (χ3v) is 19.8. The summed E-state index contributed by atoms with van der Waals surface area (Å²) in [6.07, 6.45) is 3.23. The number of carbonyl (C=O) groups excluding carboxylic acids is 1. The van der Waals surface area contributed by atoms with Crippen LogP contribution in [0.25, 0.3) is 6.08 Å². The van der Waals surface area contributed by atoms with E-state index in [1.165, 1.54) is 6.08 Å². The highest BCUT2D eigenvalue weighted by atomic mass is 16.5. The number of rotatable bonds is 45. The molecule has 1 amide bonds. The third-order valence-electron chi connectivity index (χ3n) is 19.8. The number of ether oxygens (including phenoxy) is 14. The first-order valence-electron chi connectivity index (χ1n) is 42.1. The van der Waals surface area contributed by atoms with Gasteiger partial charge in [-0.05, 0) is 188 Å². The van der Waals surface area contributed by atoms with Crippen LogP contribution in [0.15, 0.2) is 376 Å². The van der Waals surface area contributed by atoms with Gasteiger partial charge in [-0.3, -0.25) is 4.79 Å². The minimum absolute atomic E-state index is 0.0417. The third kappa shape index (κ3) is 28.1. The maximum atomic E-state index is 13.4. The Bertz CT molecular complexity index is 5040. The molecule has 15 aromatic carbocycles. The molecule has 0 bridgehead atoms. The Labute approximate surface area is 736 Å². The lowest BCUT2D eigenvalue weighted by molar-refractivity contribution is -0.116. The summed E-state index contributed by atoms with van der Waals surface area (Å²) in [7, 11) is 0. The van der Waals surface area contributed by atoms with Crippen LogP contribution in [0, 0.1) is 0 Å². The van der Waals surface area contributed by atoms with Crippen molar-refractivity contribution >= 4 is 12.0 Å². The molecule has 0 saturated heterocycles. The second-order valence-corrected chi connectivity index (χ2v) is 30.5. The zero-order valence-corrected chi connectivity index (χ0v) is 70.5. The zero-order valence-electron chi connectivity index (χ0n) is 70.5. The van der Waals surface area contributed by atoms with Crippen LogP contribution in [0.4, 0.5) is 0 Å². The summed E-state index contributed by atoms with van der Waals surface area (Å²) in [5, 5.41) is 2.97. The molecule has 15 aromatic rings. The average Bonchev–Trinajstić information content (AvgIpc) is 0.843. The molecule has 0 aliphatic carbocycles. The van der Waals surface area contributed by atoms with Gasteiger partial charge in [0, 0.05) is 54.6 Å². The summed E-state index contributed by atoms with van der Waals surface area (Å²) in [6, 6.07) is 120. The second-order valence-electron chi connectivity index (χ2n) is 30.5. The Kier molecular flexibility index (Phi) is 30.6. The number of nitrogens with one attached hydrogen (secondary N) is 1. The standard InChI is InChI=1S/C110H99NO15/c1-80(2)111-110(112)44-43-89-45-96(121-74-94-55-106(123-76-90-47-98(113-66-81-27-11-3-12-28-81)60-99(48-90)114-67-82-29-13-4-14-30-82)64-107(56-94)124-77-91-49-100(115-68-83-31-15-5-16-32-83)61-101(50-91)116-69-84-33-17-6-18-34-84)59-97(46-89)122-75-95-57-108(125-78-92-51-102(117-70-85-35-19-7-20-36-85)62-103(52-92)118-71-86-37-21-8-22-38-86)65-109(58-95)126-79-93-53-104(119-72-87-39-23-9-24-40-87)63-105(54-93)120-73-88-41-25-10-26-42-88/h3-65,80H,66-79H2,1-2H3,(H,111,112)/b44-43-. The van der Waals surface area contributed by atoms with Crippen LogP contribution in [0.3, 0.4) is 0 Å². The van der Waals surface area contributed by atoms with E-state index in [0.717, 1.165) is 77.9 Å². The maximum Gasteiger partial charge on any atom is 0.244 e. The quantitative estimate of drug-likeness (QED) is 0.0359. The van der Waals surface area contributed by atoms with Gasteiger partial charge in [0.2, 0.25) is 5.91 Å². The van der Waals surface area contributed by atoms with Crippen molar-refractivity contribution in [3.63, 3.8) is 0 Å². The van der Waals surface area contributed by atoms with E-state index in [-0.39, 0.29) is 51.6 Å². The lowest BCUT2D eigenvalue weighted by Crippen LogP contribution is -2.28. The molecule has 0 unspecified atom stereocenters. The number of carbonyl (C=O) groups is 1. The molecular formula is C110H99NO15. The summed E-state index contributed by atoms with van der Waals surface area (Å²) in [4.78, 5) is 13.4. The van der Waals surface area contributed by atoms with Crippen molar-refractivity contribution in [1.82, 2.24) is 5.32 Å². The van der Waals surface area contributed by atoms with Crippen molar-refractivity contribution in [3.05, 3.63) is 460 Å². The molecular weight excluding hydrogens is 1580 g/mol. The van der Waals surface area contributed by atoms with Gasteiger partial charge < -0.3 is 71.6 Å². The minimum Gasteiger partial charge on any atom is -0.489 e. The van der Waals surface area contributed by atoms with Crippen LogP contribution in [0.5, 0.6) is 80.5 Å². The lowest BCUT2D eigenvalue weighted by atomic mass is 10.1. The molecule has 0 aliphatic rings. The molecule has 0 aromatic heterocycles. The Balaban J connectivity index is 0.727. The van der Waals surface area contributed by atoms with Gasteiger partial charge in [-0.25, -0.2) is 0 Å². The molecule has 634 valence electrons. The van der Waals surface area contributed by atoms with Gasteiger partial charge in [-0.1, -0.05) is 243 Å². The van der Waals surface area contributed by atoms with E-state index >= 15 is 0 Å². The largest absolute Gasteiger partial charge is 0.489 e.